The zero-order valence-corrected chi connectivity index (χ0v) is 14.2. The largest absolute Gasteiger partial charge is 0.376 e. The van der Waals surface area contributed by atoms with Crippen LogP contribution >= 0.6 is 0 Å². The topological polar surface area (TPSA) is 65.3 Å². The molecule has 0 N–H and O–H groups in total. The first-order chi connectivity index (χ1) is 11.8. The highest BCUT2D eigenvalue weighted by Gasteiger charge is 2.25. The Balaban J connectivity index is 1.38. The molecule has 24 heavy (non-hydrogen) atoms. The molecule has 0 bridgehead atoms. The normalized spacial score (nSPS) is 22.5. The molecule has 4 heterocycles. The van der Waals surface area contributed by atoms with Gasteiger partial charge in [0.05, 0.1) is 25.1 Å². The number of aryl methyl sites for hydroxylation is 1. The molecule has 7 nitrogen and oxygen atoms in total. The molecule has 0 aromatic carbocycles. The van der Waals surface area contributed by atoms with Gasteiger partial charge in [-0.05, 0) is 32.6 Å². The number of imidazole rings is 1. The Bertz CT molecular complexity index is 675. The standard InChI is InChI=1S/C17H25N5O2/c1-2-21-12-20-15-16(21)18-11-19-17(15)22-7-5-13(6-8-22)24-10-14-4-3-9-23-14/h11-14H,2-10H2,1H3/t14-/m1/s1. The monoisotopic (exact) mass is 331 g/mol. The van der Waals surface area contributed by atoms with Gasteiger partial charge < -0.3 is 18.9 Å². The fourth-order valence-corrected chi connectivity index (χ4v) is 3.58. The number of piperidine rings is 1. The van der Waals surface area contributed by atoms with Crippen molar-refractivity contribution in [2.24, 2.45) is 0 Å². The molecule has 2 aromatic rings. The van der Waals surface area contributed by atoms with E-state index >= 15 is 0 Å². The van der Waals surface area contributed by atoms with Gasteiger partial charge in [0, 0.05) is 26.2 Å². The van der Waals surface area contributed by atoms with E-state index in [1.807, 2.05) is 6.33 Å². The SMILES string of the molecule is CCn1cnc2c(N3CCC(OC[C@H]4CCCO4)CC3)ncnc21. The van der Waals surface area contributed by atoms with Gasteiger partial charge in [-0.2, -0.15) is 0 Å². The van der Waals surface area contributed by atoms with Crippen LogP contribution in [-0.4, -0.2) is 58.0 Å². The van der Waals surface area contributed by atoms with Gasteiger partial charge in [-0.3, -0.25) is 0 Å². The Morgan fingerprint density at radius 1 is 1.21 bits per heavy atom. The Morgan fingerprint density at radius 2 is 2.08 bits per heavy atom. The molecular weight excluding hydrogens is 306 g/mol. The first-order valence-corrected chi connectivity index (χ1v) is 8.99. The first kappa shape index (κ1) is 15.8. The Morgan fingerprint density at radius 3 is 2.83 bits per heavy atom. The van der Waals surface area contributed by atoms with E-state index in [2.05, 4.69) is 31.3 Å². The second kappa shape index (κ2) is 7.03. The average molecular weight is 331 g/mol. The number of aromatic nitrogens is 4. The van der Waals surface area contributed by atoms with E-state index in [1.54, 1.807) is 6.33 Å². The molecule has 130 valence electrons. The summed E-state index contributed by atoms with van der Waals surface area (Å²) in [7, 11) is 0. The van der Waals surface area contributed by atoms with Crippen molar-refractivity contribution in [2.45, 2.75) is 51.4 Å². The van der Waals surface area contributed by atoms with E-state index < -0.39 is 0 Å². The summed E-state index contributed by atoms with van der Waals surface area (Å²) in [6.07, 6.45) is 8.47. The minimum absolute atomic E-state index is 0.308. The van der Waals surface area contributed by atoms with E-state index in [-0.39, 0.29) is 0 Å². The average Bonchev–Trinajstić information content (AvgIpc) is 3.29. The van der Waals surface area contributed by atoms with Crippen molar-refractivity contribution in [2.75, 3.05) is 31.2 Å². The summed E-state index contributed by atoms with van der Waals surface area (Å²) < 4.78 is 13.7. The van der Waals surface area contributed by atoms with Crippen molar-refractivity contribution in [3.63, 3.8) is 0 Å². The lowest BCUT2D eigenvalue weighted by atomic mass is 10.1. The maximum Gasteiger partial charge on any atom is 0.165 e. The fraction of sp³-hybridized carbons (Fsp3) is 0.706. The lowest BCUT2D eigenvalue weighted by Gasteiger charge is -2.33. The van der Waals surface area contributed by atoms with Crippen molar-refractivity contribution in [1.82, 2.24) is 19.5 Å². The van der Waals surface area contributed by atoms with Crippen LogP contribution in [0, 0.1) is 0 Å². The summed E-state index contributed by atoms with van der Waals surface area (Å²) in [5, 5.41) is 0. The molecule has 4 rings (SSSR count). The number of ether oxygens (including phenoxy) is 2. The van der Waals surface area contributed by atoms with Crippen LogP contribution < -0.4 is 4.90 Å². The highest BCUT2D eigenvalue weighted by atomic mass is 16.5. The molecule has 7 heteroatoms. The van der Waals surface area contributed by atoms with Crippen molar-refractivity contribution >= 4 is 17.0 Å². The fourth-order valence-electron chi connectivity index (χ4n) is 3.58. The lowest BCUT2D eigenvalue weighted by molar-refractivity contribution is -0.0280. The van der Waals surface area contributed by atoms with Crippen molar-refractivity contribution in [3.8, 4) is 0 Å². The van der Waals surface area contributed by atoms with Crippen LogP contribution in [0.25, 0.3) is 11.2 Å². The number of hydrogen-bond donors (Lipinski definition) is 0. The van der Waals surface area contributed by atoms with Crippen LogP contribution in [0.4, 0.5) is 5.82 Å². The van der Waals surface area contributed by atoms with Gasteiger partial charge in [-0.1, -0.05) is 0 Å². The van der Waals surface area contributed by atoms with Gasteiger partial charge in [0.2, 0.25) is 0 Å². The third kappa shape index (κ3) is 3.10. The molecule has 2 aliphatic rings. The van der Waals surface area contributed by atoms with Crippen LogP contribution in [0.3, 0.4) is 0 Å². The maximum atomic E-state index is 6.06. The summed E-state index contributed by atoms with van der Waals surface area (Å²) in [6.45, 7) is 6.48. The molecule has 2 aliphatic heterocycles. The number of anilines is 1. The maximum absolute atomic E-state index is 6.06. The van der Waals surface area contributed by atoms with E-state index in [1.165, 1.54) is 6.42 Å². The highest BCUT2D eigenvalue weighted by molar-refractivity contribution is 5.83. The van der Waals surface area contributed by atoms with Crippen LogP contribution in [0.2, 0.25) is 0 Å². The quantitative estimate of drug-likeness (QED) is 0.835. The zero-order chi connectivity index (χ0) is 16.4. The molecule has 0 amide bonds. The van der Waals surface area contributed by atoms with E-state index in [9.17, 15) is 0 Å². The van der Waals surface area contributed by atoms with Crippen LogP contribution in [0.5, 0.6) is 0 Å². The molecule has 0 aliphatic carbocycles. The summed E-state index contributed by atoms with van der Waals surface area (Å²) in [6, 6.07) is 0. The van der Waals surface area contributed by atoms with Gasteiger partial charge in [0.1, 0.15) is 6.33 Å². The first-order valence-electron chi connectivity index (χ1n) is 8.99. The van der Waals surface area contributed by atoms with E-state index in [4.69, 9.17) is 9.47 Å². The number of hydrogen-bond acceptors (Lipinski definition) is 6. The summed E-state index contributed by atoms with van der Waals surface area (Å²) in [5.74, 6) is 0.949. The zero-order valence-electron chi connectivity index (χ0n) is 14.2. The van der Waals surface area contributed by atoms with Gasteiger partial charge in [-0.15, -0.1) is 0 Å². The van der Waals surface area contributed by atoms with E-state index in [0.29, 0.717) is 12.2 Å². The molecule has 2 fully saturated rings. The van der Waals surface area contributed by atoms with Gasteiger partial charge in [0.25, 0.3) is 0 Å². The minimum atomic E-state index is 0.308. The number of rotatable bonds is 5. The molecule has 2 aromatic heterocycles. The second-order valence-electron chi connectivity index (χ2n) is 6.55. The molecule has 0 unspecified atom stereocenters. The predicted molar refractivity (Wildman–Crippen MR) is 91.2 cm³/mol. The van der Waals surface area contributed by atoms with Crippen molar-refractivity contribution in [3.05, 3.63) is 12.7 Å². The smallest absolute Gasteiger partial charge is 0.165 e. The van der Waals surface area contributed by atoms with Crippen LogP contribution in [0.15, 0.2) is 12.7 Å². The second-order valence-corrected chi connectivity index (χ2v) is 6.55. The van der Waals surface area contributed by atoms with Crippen LogP contribution in [0.1, 0.15) is 32.6 Å². The summed E-state index contributed by atoms with van der Waals surface area (Å²) >= 11 is 0. The van der Waals surface area contributed by atoms with Crippen molar-refractivity contribution < 1.29 is 9.47 Å². The van der Waals surface area contributed by atoms with Gasteiger partial charge in [0.15, 0.2) is 17.0 Å². The Kier molecular flexibility index (Phi) is 4.62. The third-order valence-electron chi connectivity index (χ3n) is 5.01. The van der Waals surface area contributed by atoms with Gasteiger partial charge in [-0.25, -0.2) is 15.0 Å². The number of fused-ring (bicyclic) bond motifs is 1. The molecule has 0 radical (unpaired) electrons. The van der Waals surface area contributed by atoms with Crippen molar-refractivity contribution in [1.29, 1.82) is 0 Å². The Hall–Kier alpha value is -1.73. The molecule has 0 saturated carbocycles. The molecule has 1 atom stereocenters. The van der Waals surface area contributed by atoms with Gasteiger partial charge >= 0.3 is 0 Å². The predicted octanol–water partition coefficient (Wildman–Crippen LogP) is 2.01. The van der Waals surface area contributed by atoms with Crippen LogP contribution in [-0.2, 0) is 16.0 Å². The summed E-state index contributed by atoms with van der Waals surface area (Å²) in [5.41, 5.74) is 1.82. The molecule has 0 spiro atoms. The minimum Gasteiger partial charge on any atom is -0.376 e. The lowest BCUT2D eigenvalue weighted by Crippen LogP contribution is -2.38. The van der Waals surface area contributed by atoms with E-state index in [0.717, 1.165) is 69.1 Å². The Labute approximate surface area is 142 Å². The number of nitrogens with zero attached hydrogens (tertiary/aromatic N) is 5. The highest BCUT2D eigenvalue weighted by Crippen LogP contribution is 2.25. The molecular formula is C17H25N5O2. The molecule has 2 saturated heterocycles. The third-order valence-corrected chi connectivity index (χ3v) is 5.01. The summed E-state index contributed by atoms with van der Waals surface area (Å²) in [4.78, 5) is 15.7.